The normalized spacial score (nSPS) is 11.1. The number of carbonyl (C=O) groups is 1. The molecule has 0 saturated carbocycles. The summed E-state index contributed by atoms with van der Waals surface area (Å²) < 4.78 is 2.14. The lowest BCUT2D eigenvalue weighted by Gasteiger charge is -2.15. The summed E-state index contributed by atoms with van der Waals surface area (Å²) in [6, 6.07) is 16.1. The minimum atomic E-state index is -0.124. The smallest absolute Gasteiger partial charge is 0.274 e. The molecule has 0 fully saturated rings. The van der Waals surface area contributed by atoms with Crippen LogP contribution in [0.5, 0.6) is 0 Å². The average Bonchev–Trinajstić information content (AvgIpc) is 3.36. The molecule has 1 amide bonds. The second-order valence-electron chi connectivity index (χ2n) is 6.95. The standard InChI is InChI=1S/C22H23N5O/c1-3-16-8-9-18(23-13-16)14-26(2)22(28)20-12-19(24-25-20)15-27-11-10-17-6-4-5-7-21(17)27/h4-13H,3,14-15H2,1-2H3,(H,24,25). The highest BCUT2D eigenvalue weighted by Crippen LogP contribution is 2.17. The Balaban J connectivity index is 1.44. The third kappa shape index (κ3) is 3.67. The number of para-hydroxylation sites is 1. The molecule has 3 aromatic heterocycles. The summed E-state index contributed by atoms with van der Waals surface area (Å²) in [4.78, 5) is 18.8. The van der Waals surface area contributed by atoms with Crippen LogP contribution in [0.1, 0.15) is 34.4 Å². The van der Waals surface area contributed by atoms with Crippen molar-refractivity contribution in [3.05, 3.63) is 83.6 Å². The van der Waals surface area contributed by atoms with Crippen molar-refractivity contribution in [2.45, 2.75) is 26.4 Å². The van der Waals surface area contributed by atoms with E-state index in [-0.39, 0.29) is 5.91 Å². The molecule has 1 aromatic carbocycles. The van der Waals surface area contributed by atoms with Crippen LogP contribution in [-0.4, -0.2) is 37.6 Å². The number of aromatic amines is 1. The van der Waals surface area contributed by atoms with Gasteiger partial charge in [0.25, 0.3) is 5.91 Å². The Bertz CT molecular complexity index is 1090. The fourth-order valence-corrected chi connectivity index (χ4v) is 3.28. The van der Waals surface area contributed by atoms with Crippen molar-refractivity contribution in [3.63, 3.8) is 0 Å². The molecular formula is C22H23N5O. The molecule has 3 heterocycles. The van der Waals surface area contributed by atoms with E-state index in [1.165, 1.54) is 10.9 Å². The van der Waals surface area contributed by atoms with Crippen LogP contribution in [0.15, 0.2) is 60.9 Å². The van der Waals surface area contributed by atoms with Crippen molar-refractivity contribution in [2.75, 3.05) is 7.05 Å². The second kappa shape index (κ2) is 7.68. The van der Waals surface area contributed by atoms with Gasteiger partial charge in [0.15, 0.2) is 0 Å². The van der Waals surface area contributed by atoms with Gasteiger partial charge in [-0.15, -0.1) is 0 Å². The first kappa shape index (κ1) is 18.0. The van der Waals surface area contributed by atoms with E-state index >= 15 is 0 Å². The predicted octanol–water partition coefficient (Wildman–Crippen LogP) is 3.64. The van der Waals surface area contributed by atoms with E-state index in [1.54, 1.807) is 11.9 Å². The zero-order valence-corrected chi connectivity index (χ0v) is 16.1. The number of hydrogen-bond acceptors (Lipinski definition) is 3. The number of benzene rings is 1. The topological polar surface area (TPSA) is 66.8 Å². The van der Waals surface area contributed by atoms with Gasteiger partial charge in [0.1, 0.15) is 5.69 Å². The molecule has 28 heavy (non-hydrogen) atoms. The number of aromatic nitrogens is 4. The van der Waals surface area contributed by atoms with Crippen molar-refractivity contribution in [1.82, 2.24) is 24.6 Å². The highest BCUT2D eigenvalue weighted by Gasteiger charge is 2.16. The van der Waals surface area contributed by atoms with Crippen LogP contribution in [-0.2, 0) is 19.5 Å². The fourth-order valence-electron chi connectivity index (χ4n) is 3.28. The van der Waals surface area contributed by atoms with Gasteiger partial charge < -0.3 is 9.47 Å². The van der Waals surface area contributed by atoms with Crippen molar-refractivity contribution in [1.29, 1.82) is 0 Å². The summed E-state index contributed by atoms with van der Waals surface area (Å²) in [5.41, 5.74) is 4.51. The van der Waals surface area contributed by atoms with E-state index in [4.69, 9.17) is 0 Å². The molecule has 0 aliphatic carbocycles. The molecule has 4 aromatic rings. The quantitative estimate of drug-likeness (QED) is 0.561. The summed E-state index contributed by atoms with van der Waals surface area (Å²) in [6.07, 6.45) is 4.86. The zero-order chi connectivity index (χ0) is 19.5. The second-order valence-corrected chi connectivity index (χ2v) is 6.95. The highest BCUT2D eigenvalue weighted by atomic mass is 16.2. The number of rotatable bonds is 6. The van der Waals surface area contributed by atoms with Crippen molar-refractivity contribution in [2.24, 2.45) is 0 Å². The first-order chi connectivity index (χ1) is 13.6. The minimum absolute atomic E-state index is 0.124. The molecule has 0 bridgehead atoms. The maximum Gasteiger partial charge on any atom is 0.274 e. The summed E-state index contributed by atoms with van der Waals surface area (Å²) in [5, 5.41) is 8.40. The zero-order valence-electron chi connectivity index (χ0n) is 16.1. The Morgan fingerprint density at radius 3 is 2.82 bits per heavy atom. The Morgan fingerprint density at radius 2 is 2.04 bits per heavy atom. The van der Waals surface area contributed by atoms with Gasteiger partial charge in [0.2, 0.25) is 0 Å². The molecule has 6 heteroatoms. The maximum absolute atomic E-state index is 12.7. The van der Waals surface area contributed by atoms with Crippen molar-refractivity contribution < 1.29 is 4.79 Å². The highest BCUT2D eigenvalue weighted by molar-refractivity contribution is 5.92. The van der Waals surface area contributed by atoms with E-state index in [9.17, 15) is 4.79 Å². The van der Waals surface area contributed by atoms with Gasteiger partial charge in [0.05, 0.1) is 24.5 Å². The maximum atomic E-state index is 12.7. The van der Waals surface area contributed by atoms with Crippen LogP contribution >= 0.6 is 0 Å². The van der Waals surface area contributed by atoms with Crippen LogP contribution in [0.3, 0.4) is 0 Å². The van der Waals surface area contributed by atoms with E-state index in [1.807, 2.05) is 36.7 Å². The molecular weight excluding hydrogens is 350 g/mol. The third-order valence-electron chi connectivity index (χ3n) is 4.91. The molecule has 0 unspecified atom stereocenters. The number of H-pyrrole nitrogens is 1. The SMILES string of the molecule is CCc1ccc(CN(C)C(=O)c2cc(Cn3ccc4ccccc43)[nH]n2)nc1. The van der Waals surface area contributed by atoms with Gasteiger partial charge in [-0.3, -0.25) is 14.9 Å². The third-order valence-corrected chi connectivity index (χ3v) is 4.91. The molecule has 0 radical (unpaired) electrons. The van der Waals surface area contributed by atoms with Gasteiger partial charge >= 0.3 is 0 Å². The van der Waals surface area contributed by atoms with Crippen LogP contribution < -0.4 is 0 Å². The first-order valence-electron chi connectivity index (χ1n) is 9.41. The monoisotopic (exact) mass is 373 g/mol. The lowest BCUT2D eigenvalue weighted by Crippen LogP contribution is -2.27. The Hall–Kier alpha value is -3.41. The predicted molar refractivity (Wildman–Crippen MR) is 109 cm³/mol. The largest absolute Gasteiger partial charge is 0.341 e. The molecule has 142 valence electrons. The van der Waals surface area contributed by atoms with Crippen LogP contribution in [0.4, 0.5) is 0 Å². The van der Waals surface area contributed by atoms with Crippen LogP contribution in [0.2, 0.25) is 0 Å². The van der Waals surface area contributed by atoms with E-state index in [0.717, 1.165) is 23.3 Å². The van der Waals surface area contributed by atoms with Gasteiger partial charge in [-0.05, 0) is 41.6 Å². The first-order valence-corrected chi connectivity index (χ1v) is 9.41. The molecule has 6 nitrogen and oxygen atoms in total. The van der Waals surface area contributed by atoms with E-state index in [2.05, 4.69) is 50.9 Å². The van der Waals surface area contributed by atoms with E-state index in [0.29, 0.717) is 18.8 Å². The molecule has 0 saturated heterocycles. The molecule has 1 N–H and O–H groups in total. The summed E-state index contributed by atoms with van der Waals surface area (Å²) in [5.74, 6) is -0.124. The van der Waals surface area contributed by atoms with Gasteiger partial charge in [-0.1, -0.05) is 31.2 Å². The number of nitrogens with zero attached hydrogens (tertiary/aromatic N) is 4. The van der Waals surface area contributed by atoms with Crippen LogP contribution in [0, 0.1) is 0 Å². The summed E-state index contributed by atoms with van der Waals surface area (Å²) in [6.45, 7) is 3.18. The lowest BCUT2D eigenvalue weighted by atomic mass is 10.2. The molecule has 0 atom stereocenters. The van der Waals surface area contributed by atoms with Crippen molar-refractivity contribution in [3.8, 4) is 0 Å². The number of amides is 1. The van der Waals surface area contributed by atoms with Gasteiger partial charge in [0, 0.05) is 25.0 Å². The van der Waals surface area contributed by atoms with Crippen molar-refractivity contribution >= 4 is 16.8 Å². The fraction of sp³-hybridized carbons (Fsp3) is 0.227. The number of fused-ring (bicyclic) bond motifs is 1. The number of pyridine rings is 1. The average molecular weight is 373 g/mol. The lowest BCUT2D eigenvalue weighted by molar-refractivity contribution is 0.0777. The number of aryl methyl sites for hydroxylation is 1. The Kier molecular flexibility index (Phi) is 4.93. The summed E-state index contributed by atoms with van der Waals surface area (Å²) in [7, 11) is 1.77. The number of hydrogen-bond donors (Lipinski definition) is 1. The van der Waals surface area contributed by atoms with Crippen LogP contribution in [0.25, 0.3) is 10.9 Å². The summed E-state index contributed by atoms with van der Waals surface area (Å²) >= 11 is 0. The van der Waals surface area contributed by atoms with Gasteiger partial charge in [-0.25, -0.2) is 0 Å². The molecule has 0 aliphatic heterocycles. The number of carbonyl (C=O) groups excluding carboxylic acids is 1. The Labute approximate surface area is 163 Å². The minimum Gasteiger partial charge on any atom is -0.341 e. The Morgan fingerprint density at radius 1 is 1.18 bits per heavy atom. The van der Waals surface area contributed by atoms with Gasteiger partial charge in [-0.2, -0.15) is 5.10 Å². The molecule has 0 aliphatic rings. The molecule has 4 rings (SSSR count). The number of nitrogens with one attached hydrogen (secondary N) is 1. The van der Waals surface area contributed by atoms with E-state index < -0.39 is 0 Å². The molecule has 0 spiro atoms.